The Kier molecular flexibility index (Phi) is 8.04. The Hall–Kier alpha value is -3.88. The maximum atomic E-state index is 13.1. The molecule has 38 heavy (non-hydrogen) atoms. The largest absolute Gasteiger partial charge is 0.416 e. The molecule has 1 fully saturated rings. The number of benzene rings is 2. The minimum atomic E-state index is -4.60. The summed E-state index contributed by atoms with van der Waals surface area (Å²) in [5.74, 6) is 0.238. The van der Waals surface area contributed by atoms with E-state index in [-0.39, 0.29) is 27.8 Å². The third kappa shape index (κ3) is 6.33. The van der Waals surface area contributed by atoms with Crippen molar-refractivity contribution in [2.75, 3.05) is 37.2 Å². The lowest BCUT2D eigenvalue weighted by Crippen LogP contribution is -2.34. The average molecular weight is 547 g/mol. The Balaban J connectivity index is 1.45. The van der Waals surface area contributed by atoms with Crippen LogP contribution in [-0.4, -0.2) is 48.9 Å². The molecule has 0 aliphatic carbocycles. The third-order valence-electron chi connectivity index (χ3n) is 5.78. The molecule has 0 unspecified atom stereocenters. The number of nitrogens with one attached hydrogen (secondary N) is 3. The number of sulfonamides is 1. The van der Waals surface area contributed by atoms with Crippen molar-refractivity contribution in [3.63, 3.8) is 0 Å². The highest BCUT2D eigenvalue weighted by Gasteiger charge is 2.32. The minimum absolute atomic E-state index is 0.0287. The number of alkyl halides is 3. The van der Waals surface area contributed by atoms with Crippen molar-refractivity contribution in [3.05, 3.63) is 65.5 Å². The molecule has 0 radical (unpaired) electrons. The normalized spacial score (nSPS) is 15.3. The van der Waals surface area contributed by atoms with Gasteiger partial charge in [-0.25, -0.2) is 23.9 Å². The highest BCUT2D eigenvalue weighted by molar-refractivity contribution is 7.89. The monoisotopic (exact) mass is 546 g/mol. The van der Waals surface area contributed by atoms with Crippen LogP contribution in [0.15, 0.2) is 58.8 Å². The van der Waals surface area contributed by atoms with E-state index in [1.807, 2.05) is 0 Å². The van der Waals surface area contributed by atoms with Gasteiger partial charge in [-0.3, -0.25) is 0 Å². The number of nitrogen functional groups attached to an aromatic ring is 1. The zero-order chi connectivity index (χ0) is 27.3. The summed E-state index contributed by atoms with van der Waals surface area (Å²) >= 11 is 0. The first-order valence-corrected chi connectivity index (χ1v) is 13.0. The molecule has 1 saturated heterocycles. The summed E-state index contributed by atoms with van der Waals surface area (Å²) in [6, 6.07) is 7.87. The van der Waals surface area contributed by atoms with Crippen molar-refractivity contribution in [1.29, 1.82) is 5.53 Å². The van der Waals surface area contributed by atoms with Gasteiger partial charge in [-0.1, -0.05) is 12.2 Å². The number of rotatable bonds is 7. The molecule has 0 saturated carbocycles. The first-order valence-electron chi connectivity index (χ1n) is 11.5. The lowest BCUT2D eigenvalue weighted by Gasteiger charge is -2.19. The first-order chi connectivity index (χ1) is 18.1. The third-order valence-corrected chi connectivity index (χ3v) is 7.70. The number of anilines is 3. The van der Waals surface area contributed by atoms with Gasteiger partial charge in [0.15, 0.2) is 0 Å². The lowest BCUT2D eigenvalue weighted by atomic mass is 10.1. The fraction of sp³-hybridized carbons (Fsp3) is 0.250. The number of hydrogen-bond donors (Lipinski definition) is 4. The van der Waals surface area contributed by atoms with Crippen molar-refractivity contribution >= 4 is 45.2 Å². The highest BCUT2D eigenvalue weighted by atomic mass is 32.2. The molecule has 1 aromatic heterocycles. The molecular formula is C24H25F3N8O2S. The van der Waals surface area contributed by atoms with E-state index >= 15 is 0 Å². The Labute approximate surface area is 217 Å². The molecule has 1 aliphatic heterocycles. The Morgan fingerprint density at radius 1 is 1.08 bits per heavy atom. The number of nitrogens with two attached hydrogens (primary N) is 1. The average Bonchev–Trinajstić information content (AvgIpc) is 3.18. The Morgan fingerprint density at radius 3 is 2.45 bits per heavy atom. The van der Waals surface area contributed by atoms with E-state index in [0.29, 0.717) is 30.9 Å². The van der Waals surface area contributed by atoms with Gasteiger partial charge in [0.1, 0.15) is 5.69 Å². The molecule has 1 aliphatic rings. The van der Waals surface area contributed by atoms with Gasteiger partial charge in [0.05, 0.1) is 16.1 Å². The molecule has 0 spiro atoms. The van der Waals surface area contributed by atoms with Crippen molar-refractivity contribution in [2.45, 2.75) is 17.5 Å². The van der Waals surface area contributed by atoms with Gasteiger partial charge in [-0.05, 0) is 49.4 Å². The molecule has 14 heteroatoms. The first kappa shape index (κ1) is 27.2. The fourth-order valence-electron chi connectivity index (χ4n) is 3.82. The summed E-state index contributed by atoms with van der Waals surface area (Å²) in [6.45, 7) is 2.27. The Morgan fingerprint density at radius 2 is 1.79 bits per heavy atom. The standard InChI is InChI=1S/C24H25F3N8O2S/c25-24(26,27)18-12-17(22(34-29)21(28)13-18)3-2-16-14-31-23(32-15-16)33-19-4-6-20(7-5-19)38(36,37)35-10-1-8-30-9-11-35/h2-7,12-15,29-30H,1,8-11,28H2,(H,31,32,33)/b3-2+,34-29?. The molecule has 2 heterocycles. The molecule has 0 bridgehead atoms. The van der Waals surface area contributed by atoms with Crippen LogP contribution in [0.4, 0.5) is 36.2 Å². The van der Waals surface area contributed by atoms with Gasteiger partial charge in [0.25, 0.3) is 0 Å². The molecule has 5 N–H and O–H groups in total. The van der Waals surface area contributed by atoms with Crippen molar-refractivity contribution in [3.8, 4) is 0 Å². The maximum Gasteiger partial charge on any atom is 0.416 e. The fourth-order valence-corrected chi connectivity index (χ4v) is 5.30. The minimum Gasteiger partial charge on any atom is -0.397 e. The van der Waals surface area contributed by atoms with Crippen LogP contribution in [0.2, 0.25) is 0 Å². The summed E-state index contributed by atoms with van der Waals surface area (Å²) in [6.07, 6.45) is 1.88. The zero-order valence-electron chi connectivity index (χ0n) is 20.0. The van der Waals surface area contributed by atoms with Gasteiger partial charge < -0.3 is 16.4 Å². The highest BCUT2D eigenvalue weighted by Crippen LogP contribution is 2.37. The van der Waals surface area contributed by atoms with E-state index in [0.717, 1.165) is 25.1 Å². The van der Waals surface area contributed by atoms with E-state index in [4.69, 9.17) is 11.3 Å². The summed E-state index contributed by atoms with van der Waals surface area (Å²) in [5.41, 5.74) is 12.7. The molecular weight excluding hydrogens is 521 g/mol. The van der Waals surface area contributed by atoms with Crippen LogP contribution in [0.3, 0.4) is 0 Å². The van der Waals surface area contributed by atoms with Gasteiger partial charge in [-0.2, -0.15) is 22.6 Å². The zero-order valence-corrected chi connectivity index (χ0v) is 20.9. The van der Waals surface area contributed by atoms with Crippen LogP contribution < -0.4 is 16.4 Å². The lowest BCUT2D eigenvalue weighted by molar-refractivity contribution is -0.137. The molecule has 3 aromatic rings. The number of halogens is 3. The van der Waals surface area contributed by atoms with Crippen LogP contribution in [0.5, 0.6) is 0 Å². The predicted octanol–water partition coefficient (Wildman–Crippen LogP) is 4.64. The quantitative estimate of drug-likeness (QED) is 0.249. The van der Waals surface area contributed by atoms with Crippen molar-refractivity contribution in [1.82, 2.24) is 19.6 Å². The smallest absolute Gasteiger partial charge is 0.397 e. The van der Waals surface area contributed by atoms with E-state index in [1.165, 1.54) is 41.0 Å². The van der Waals surface area contributed by atoms with E-state index in [9.17, 15) is 21.6 Å². The second kappa shape index (κ2) is 11.2. The summed E-state index contributed by atoms with van der Waals surface area (Å²) in [5, 5.41) is 9.40. The van der Waals surface area contributed by atoms with Crippen LogP contribution in [-0.2, 0) is 16.2 Å². The molecule has 0 atom stereocenters. The van der Waals surface area contributed by atoms with Gasteiger partial charge in [0.2, 0.25) is 16.0 Å². The second-order valence-corrected chi connectivity index (χ2v) is 10.4. The van der Waals surface area contributed by atoms with E-state index in [1.54, 1.807) is 12.1 Å². The van der Waals surface area contributed by atoms with E-state index < -0.39 is 21.8 Å². The van der Waals surface area contributed by atoms with E-state index in [2.05, 4.69) is 25.7 Å². The van der Waals surface area contributed by atoms with Crippen molar-refractivity contribution < 1.29 is 21.6 Å². The van der Waals surface area contributed by atoms with Gasteiger partial charge >= 0.3 is 6.18 Å². The number of aromatic nitrogens is 2. The SMILES string of the molecule is N=Nc1c(N)cc(C(F)(F)F)cc1/C=C/c1cnc(Nc2ccc(S(=O)(=O)N3CCCNCC3)cc2)nc1. The predicted molar refractivity (Wildman–Crippen MR) is 138 cm³/mol. The number of hydrogen-bond acceptors (Lipinski definition) is 9. The molecule has 2 aromatic carbocycles. The summed E-state index contributed by atoms with van der Waals surface area (Å²) in [7, 11) is -3.59. The van der Waals surface area contributed by atoms with Crippen LogP contribution in [0.25, 0.3) is 12.2 Å². The molecule has 4 rings (SSSR count). The maximum absolute atomic E-state index is 13.1. The summed E-state index contributed by atoms with van der Waals surface area (Å²) in [4.78, 5) is 8.57. The Bertz CT molecular complexity index is 1420. The van der Waals surface area contributed by atoms with Crippen LogP contribution >= 0.6 is 0 Å². The summed E-state index contributed by atoms with van der Waals surface area (Å²) < 4.78 is 66.7. The molecule has 200 valence electrons. The van der Waals surface area contributed by atoms with Gasteiger partial charge in [-0.15, -0.1) is 0 Å². The van der Waals surface area contributed by atoms with Crippen molar-refractivity contribution in [2.24, 2.45) is 5.11 Å². The molecule has 0 amide bonds. The van der Waals surface area contributed by atoms with Gasteiger partial charge in [0, 0.05) is 48.8 Å². The topological polar surface area (TPSA) is 149 Å². The molecule has 10 nitrogen and oxygen atoms in total. The second-order valence-electron chi connectivity index (χ2n) is 8.44. The van der Waals surface area contributed by atoms with Crippen LogP contribution in [0, 0.1) is 5.53 Å². The van der Waals surface area contributed by atoms with Crippen LogP contribution in [0.1, 0.15) is 23.1 Å². The number of nitrogens with zero attached hydrogens (tertiary/aromatic N) is 4.